The Bertz CT molecular complexity index is 407. The van der Waals surface area contributed by atoms with Crippen molar-refractivity contribution in [2.24, 2.45) is 5.41 Å². The van der Waals surface area contributed by atoms with Gasteiger partial charge in [-0.05, 0) is 42.9 Å². The standard InChI is InChI=1S/C15H22ClNO2/c1-2-15(6-7-15)11-17-9-13(18)10-19-14-5-3-4-12(16)8-14/h3-5,8,13,17-18H,2,6-7,9-11H2,1H3. The Morgan fingerprint density at radius 1 is 1.47 bits per heavy atom. The Labute approximate surface area is 119 Å². The number of halogens is 1. The molecule has 2 rings (SSSR count). The van der Waals surface area contributed by atoms with Gasteiger partial charge in [0.1, 0.15) is 18.5 Å². The topological polar surface area (TPSA) is 41.5 Å². The van der Waals surface area contributed by atoms with E-state index in [1.807, 2.05) is 12.1 Å². The van der Waals surface area contributed by atoms with Gasteiger partial charge in [0.05, 0.1) is 0 Å². The maximum atomic E-state index is 9.85. The van der Waals surface area contributed by atoms with Crippen LogP contribution in [0.15, 0.2) is 24.3 Å². The zero-order valence-electron chi connectivity index (χ0n) is 11.4. The fourth-order valence-corrected chi connectivity index (χ4v) is 2.32. The van der Waals surface area contributed by atoms with Crippen molar-refractivity contribution in [3.8, 4) is 5.75 Å². The molecule has 106 valence electrons. The molecule has 0 bridgehead atoms. The number of rotatable bonds is 8. The van der Waals surface area contributed by atoms with Crippen molar-refractivity contribution in [3.05, 3.63) is 29.3 Å². The summed E-state index contributed by atoms with van der Waals surface area (Å²) in [6, 6.07) is 7.22. The van der Waals surface area contributed by atoms with Crippen molar-refractivity contribution in [2.75, 3.05) is 19.7 Å². The molecule has 4 heteroatoms. The van der Waals surface area contributed by atoms with Crippen LogP contribution >= 0.6 is 11.6 Å². The molecule has 0 amide bonds. The zero-order valence-corrected chi connectivity index (χ0v) is 12.1. The van der Waals surface area contributed by atoms with Gasteiger partial charge in [-0.15, -0.1) is 0 Å². The number of aliphatic hydroxyl groups is 1. The van der Waals surface area contributed by atoms with Crippen LogP contribution in [0.25, 0.3) is 0 Å². The maximum absolute atomic E-state index is 9.85. The fourth-order valence-electron chi connectivity index (χ4n) is 2.14. The van der Waals surface area contributed by atoms with E-state index in [1.165, 1.54) is 19.3 Å². The van der Waals surface area contributed by atoms with Gasteiger partial charge < -0.3 is 15.2 Å². The number of benzene rings is 1. The molecular formula is C15H22ClNO2. The SMILES string of the molecule is CCC1(CNCC(O)COc2cccc(Cl)c2)CC1. The van der Waals surface area contributed by atoms with Gasteiger partial charge in [0, 0.05) is 18.1 Å². The van der Waals surface area contributed by atoms with E-state index in [-0.39, 0.29) is 6.61 Å². The molecule has 2 N–H and O–H groups in total. The van der Waals surface area contributed by atoms with E-state index in [2.05, 4.69) is 12.2 Å². The average Bonchev–Trinajstić information content (AvgIpc) is 3.17. The van der Waals surface area contributed by atoms with Crippen LogP contribution in [-0.2, 0) is 0 Å². The molecule has 0 spiro atoms. The summed E-state index contributed by atoms with van der Waals surface area (Å²) in [5.41, 5.74) is 0.507. The van der Waals surface area contributed by atoms with Crippen molar-refractivity contribution in [1.82, 2.24) is 5.32 Å². The molecule has 1 aromatic carbocycles. The van der Waals surface area contributed by atoms with Crippen molar-refractivity contribution in [1.29, 1.82) is 0 Å². The number of nitrogens with one attached hydrogen (secondary N) is 1. The first kappa shape index (κ1) is 14.6. The first-order chi connectivity index (χ1) is 9.13. The van der Waals surface area contributed by atoms with Gasteiger partial charge >= 0.3 is 0 Å². The second kappa shape index (κ2) is 6.60. The molecule has 1 saturated carbocycles. The molecule has 1 unspecified atom stereocenters. The van der Waals surface area contributed by atoms with E-state index in [4.69, 9.17) is 16.3 Å². The van der Waals surface area contributed by atoms with E-state index in [1.54, 1.807) is 12.1 Å². The summed E-state index contributed by atoms with van der Waals surface area (Å²) in [5.74, 6) is 0.693. The number of ether oxygens (including phenoxy) is 1. The minimum absolute atomic E-state index is 0.284. The van der Waals surface area contributed by atoms with Crippen LogP contribution in [0.3, 0.4) is 0 Å². The van der Waals surface area contributed by atoms with Gasteiger partial charge in [-0.2, -0.15) is 0 Å². The largest absolute Gasteiger partial charge is 0.491 e. The molecule has 0 aliphatic heterocycles. The summed E-state index contributed by atoms with van der Waals surface area (Å²) in [6.07, 6.45) is 3.35. The number of hydrogen-bond donors (Lipinski definition) is 2. The molecule has 0 radical (unpaired) electrons. The Balaban J connectivity index is 1.63. The molecule has 3 nitrogen and oxygen atoms in total. The van der Waals surface area contributed by atoms with Crippen molar-refractivity contribution >= 4 is 11.6 Å². The van der Waals surface area contributed by atoms with Crippen LogP contribution in [0.2, 0.25) is 5.02 Å². The summed E-state index contributed by atoms with van der Waals surface area (Å²) in [6.45, 7) is 4.08. The second-order valence-corrected chi connectivity index (χ2v) is 5.84. The lowest BCUT2D eigenvalue weighted by Crippen LogP contribution is -2.34. The lowest BCUT2D eigenvalue weighted by molar-refractivity contribution is 0.105. The van der Waals surface area contributed by atoms with Gasteiger partial charge in [-0.3, -0.25) is 0 Å². The van der Waals surface area contributed by atoms with Gasteiger partial charge in [-0.25, -0.2) is 0 Å². The molecule has 1 aliphatic carbocycles. The number of hydrogen-bond acceptors (Lipinski definition) is 3. The van der Waals surface area contributed by atoms with Crippen LogP contribution in [-0.4, -0.2) is 30.9 Å². The van der Waals surface area contributed by atoms with Crippen LogP contribution in [0.5, 0.6) is 5.75 Å². The van der Waals surface area contributed by atoms with E-state index in [0.29, 0.717) is 22.7 Å². The summed E-state index contributed by atoms with van der Waals surface area (Å²) in [5, 5.41) is 13.8. The maximum Gasteiger partial charge on any atom is 0.120 e. The molecular weight excluding hydrogens is 262 g/mol. The first-order valence-electron chi connectivity index (χ1n) is 6.91. The third kappa shape index (κ3) is 4.68. The van der Waals surface area contributed by atoms with Gasteiger partial charge in [0.2, 0.25) is 0 Å². The molecule has 1 aliphatic rings. The van der Waals surface area contributed by atoms with Gasteiger partial charge in [0.15, 0.2) is 0 Å². The smallest absolute Gasteiger partial charge is 0.120 e. The fraction of sp³-hybridized carbons (Fsp3) is 0.600. The van der Waals surface area contributed by atoms with Crippen molar-refractivity contribution in [3.63, 3.8) is 0 Å². The predicted octanol–water partition coefficient (Wildman–Crippen LogP) is 2.86. The molecule has 19 heavy (non-hydrogen) atoms. The second-order valence-electron chi connectivity index (χ2n) is 5.41. The third-order valence-electron chi connectivity index (χ3n) is 3.83. The molecule has 1 fully saturated rings. The molecule has 1 aromatic rings. The normalized spacial score (nSPS) is 18.1. The summed E-state index contributed by atoms with van der Waals surface area (Å²) >= 11 is 5.86. The van der Waals surface area contributed by atoms with E-state index in [0.717, 1.165) is 6.54 Å². The van der Waals surface area contributed by atoms with Crippen molar-refractivity contribution < 1.29 is 9.84 Å². The molecule has 0 heterocycles. The first-order valence-corrected chi connectivity index (χ1v) is 7.28. The Kier molecular flexibility index (Phi) is 5.08. The van der Waals surface area contributed by atoms with E-state index >= 15 is 0 Å². The minimum atomic E-state index is -0.494. The predicted molar refractivity (Wildman–Crippen MR) is 77.8 cm³/mol. The highest BCUT2D eigenvalue weighted by molar-refractivity contribution is 6.30. The summed E-state index contributed by atoms with van der Waals surface area (Å²) in [4.78, 5) is 0. The quantitative estimate of drug-likeness (QED) is 0.771. The molecule has 0 aromatic heterocycles. The summed E-state index contributed by atoms with van der Waals surface area (Å²) < 4.78 is 5.50. The van der Waals surface area contributed by atoms with Gasteiger partial charge in [-0.1, -0.05) is 24.6 Å². The van der Waals surface area contributed by atoms with Crippen LogP contribution in [0.4, 0.5) is 0 Å². The highest BCUT2D eigenvalue weighted by Gasteiger charge is 2.39. The zero-order chi connectivity index (χ0) is 13.7. The Morgan fingerprint density at radius 2 is 2.26 bits per heavy atom. The van der Waals surface area contributed by atoms with Gasteiger partial charge in [0.25, 0.3) is 0 Å². The summed E-state index contributed by atoms with van der Waals surface area (Å²) in [7, 11) is 0. The Hall–Kier alpha value is -0.770. The molecule has 0 saturated heterocycles. The Morgan fingerprint density at radius 3 is 2.89 bits per heavy atom. The lowest BCUT2D eigenvalue weighted by atomic mass is 10.0. The van der Waals surface area contributed by atoms with Crippen molar-refractivity contribution in [2.45, 2.75) is 32.3 Å². The third-order valence-corrected chi connectivity index (χ3v) is 4.06. The van der Waals surface area contributed by atoms with E-state index < -0.39 is 6.10 Å². The monoisotopic (exact) mass is 283 g/mol. The lowest BCUT2D eigenvalue weighted by Gasteiger charge is -2.17. The minimum Gasteiger partial charge on any atom is -0.491 e. The average molecular weight is 284 g/mol. The highest BCUT2D eigenvalue weighted by Crippen LogP contribution is 2.47. The highest BCUT2D eigenvalue weighted by atomic mass is 35.5. The van der Waals surface area contributed by atoms with Crippen LogP contribution in [0.1, 0.15) is 26.2 Å². The molecule has 1 atom stereocenters. The van der Waals surface area contributed by atoms with Crippen LogP contribution < -0.4 is 10.1 Å². The van der Waals surface area contributed by atoms with E-state index in [9.17, 15) is 5.11 Å². The number of aliphatic hydroxyl groups excluding tert-OH is 1. The van der Waals surface area contributed by atoms with Crippen LogP contribution in [0, 0.1) is 5.41 Å².